The Morgan fingerprint density at radius 3 is 2.36 bits per heavy atom. The first-order chi connectivity index (χ1) is 6.63. The highest BCUT2D eigenvalue weighted by atomic mass is 15.3. The minimum absolute atomic E-state index is 0.360. The molecule has 1 unspecified atom stereocenters. The van der Waals surface area contributed by atoms with Gasteiger partial charge in [0.25, 0.3) is 0 Å². The second-order valence-electron chi connectivity index (χ2n) is 4.35. The number of nitrogens with one attached hydrogen (secondary N) is 2. The Bertz CT molecular complexity index is 196. The summed E-state index contributed by atoms with van der Waals surface area (Å²) in [6.45, 7) is 6.30. The van der Waals surface area contributed by atoms with Crippen LogP contribution in [0.4, 0.5) is 0 Å². The molecule has 1 aliphatic rings. The van der Waals surface area contributed by atoms with E-state index >= 15 is 0 Å². The van der Waals surface area contributed by atoms with Gasteiger partial charge in [-0.2, -0.15) is 0 Å². The number of aliphatic imine (C=N–C) groups is 1. The van der Waals surface area contributed by atoms with E-state index in [-0.39, 0.29) is 0 Å². The van der Waals surface area contributed by atoms with E-state index in [4.69, 9.17) is 5.84 Å². The molecule has 4 heteroatoms. The van der Waals surface area contributed by atoms with E-state index in [0.717, 1.165) is 5.92 Å². The highest BCUT2D eigenvalue weighted by Gasteiger charge is 2.23. The molecule has 0 aromatic heterocycles. The van der Waals surface area contributed by atoms with E-state index in [1.807, 2.05) is 0 Å². The average molecular weight is 198 g/mol. The molecule has 1 rings (SSSR count). The number of hydrogen-bond donors (Lipinski definition) is 3. The monoisotopic (exact) mass is 198 g/mol. The Kier molecular flexibility index (Phi) is 4.20. The maximum absolute atomic E-state index is 5.39. The summed E-state index contributed by atoms with van der Waals surface area (Å²) in [7, 11) is 0. The van der Waals surface area contributed by atoms with E-state index < -0.39 is 0 Å². The first-order valence-corrected chi connectivity index (χ1v) is 5.44. The number of guanidine groups is 1. The maximum Gasteiger partial charge on any atom is 0.206 e. The van der Waals surface area contributed by atoms with Gasteiger partial charge in [0.2, 0.25) is 5.96 Å². The van der Waals surface area contributed by atoms with Gasteiger partial charge in [-0.05, 0) is 39.5 Å². The van der Waals surface area contributed by atoms with Crippen molar-refractivity contribution in [2.24, 2.45) is 16.8 Å². The molecule has 0 radical (unpaired) electrons. The minimum Gasteiger partial charge on any atom is -0.353 e. The van der Waals surface area contributed by atoms with Crippen molar-refractivity contribution in [3.8, 4) is 0 Å². The van der Waals surface area contributed by atoms with Crippen LogP contribution in [-0.2, 0) is 0 Å². The molecule has 1 aliphatic carbocycles. The van der Waals surface area contributed by atoms with Gasteiger partial charge in [-0.1, -0.05) is 6.42 Å². The molecule has 14 heavy (non-hydrogen) atoms. The van der Waals surface area contributed by atoms with Crippen LogP contribution in [0.2, 0.25) is 0 Å². The fourth-order valence-electron chi connectivity index (χ4n) is 1.62. The zero-order valence-corrected chi connectivity index (χ0v) is 9.38. The lowest BCUT2D eigenvalue weighted by molar-refractivity contribution is 0.273. The predicted molar refractivity (Wildman–Crippen MR) is 59.8 cm³/mol. The Balaban J connectivity index is 2.43. The fourth-order valence-corrected chi connectivity index (χ4v) is 1.62. The number of rotatable bonds is 3. The molecule has 1 saturated carbocycles. The normalized spacial score (nSPS) is 20.5. The van der Waals surface area contributed by atoms with E-state index in [9.17, 15) is 0 Å². The van der Waals surface area contributed by atoms with Gasteiger partial charge in [0.15, 0.2) is 0 Å². The number of nitrogens with zero attached hydrogens (tertiary/aromatic N) is 1. The van der Waals surface area contributed by atoms with Gasteiger partial charge >= 0.3 is 0 Å². The van der Waals surface area contributed by atoms with Crippen LogP contribution >= 0.6 is 0 Å². The van der Waals surface area contributed by atoms with Gasteiger partial charge in [0.05, 0.1) is 6.04 Å². The molecule has 0 aromatic rings. The summed E-state index contributed by atoms with van der Waals surface area (Å²) in [4.78, 5) is 4.53. The zero-order valence-electron chi connectivity index (χ0n) is 9.38. The molecule has 0 aromatic carbocycles. The van der Waals surface area contributed by atoms with E-state index in [1.165, 1.54) is 19.3 Å². The summed E-state index contributed by atoms with van der Waals surface area (Å²) in [5.41, 5.74) is 2.61. The van der Waals surface area contributed by atoms with E-state index in [2.05, 4.69) is 36.5 Å². The molecule has 0 saturated heterocycles. The first kappa shape index (κ1) is 11.3. The van der Waals surface area contributed by atoms with Crippen LogP contribution in [0.15, 0.2) is 4.99 Å². The van der Waals surface area contributed by atoms with Crippen LogP contribution in [0.5, 0.6) is 0 Å². The van der Waals surface area contributed by atoms with Crippen LogP contribution in [0.3, 0.4) is 0 Å². The van der Waals surface area contributed by atoms with Gasteiger partial charge in [-0.3, -0.25) is 5.43 Å². The third-order valence-corrected chi connectivity index (χ3v) is 2.73. The van der Waals surface area contributed by atoms with Crippen LogP contribution in [-0.4, -0.2) is 18.0 Å². The standard InChI is InChI=1S/C10H22N4/c1-7(2)12-10(14-11)13-8(3)9-5-4-6-9/h7-9H,4-6,11H2,1-3H3,(H2,12,13,14). The molecular weight excluding hydrogens is 176 g/mol. The van der Waals surface area contributed by atoms with Crippen LogP contribution in [0, 0.1) is 5.92 Å². The number of nitrogens with two attached hydrogens (primary N) is 1. The van der Waals surface area contributed by atoms with Crippen molar-refractivity contribution in [2.45, 2.75) is 52.1 Å². The third-order valence-electron chi connectivity index (χ3n) is 2.73. The number of hydrogen-bond acceptors (Lipinski definition) is 2. The molecule has 0 aliphatic heterocycles. The van der Waals surface area contributed by atoms with Gasteiger partial charge in [0.1, 0.15) is 0 Å². The topological polar surface area (TPSA) is 62.4 Å². The lowest BCUT2D eigenvalue weighted by Gasteiger charge is -2.29. The number of hydrazine groups is 1. The van der Waals surface area contributed by atoms with Gasteiger partial charge in [-0.25, -0.2) is 10.8 Å². The third kappa shape index (κ3) is 3.18. The maximum atomic E-state index is 5.39. The molecule has 0 amide bonds. The Labute approximate surface area is 86.3 Å². The molecule has 4 nitrogen and oxygen atoms in total. The summed E-state index contributed by atoms with van der Waals surface area (Å²) in [5, 5.41) is 3.18. The SMILES string of the molecule is CC(C)NC(=NC(C)C1CCC1)NN. The predicted octanol–water partition coefficient (Wildman–Crippen LogP) is 0.992. The van der Waals surface area contributed by atoms with Crippen molar-refractivity contribution in [3.05, 3.63) is 0 Å². The van der Waals surface area contributed by atoms with Crippen molar-refractivity contribution in [2.75, 3.05) is 0 Å². The summed E-state index contributed by atoms with van der Waals surface area (Å²) in [5.74, 6) is 6.85. The summed E-state index contributed by atoms with van der Waals surface area (Å²) >= 11 is 0. The van der Waals surface area contributed by atoms with Crippen molar-refractivity contribution < 1.29 is 0 Å². The lowest BCUT2D eigenvalue weighted by Crippen LogP contribution is -2.45. The molecule has 0 heterocycles. The highest BCUT2D eigenvalue weighted by molar-refractivity contribution is 5.79. The molecule has 1 fully saturated rings. The summed E-state index contributed by atoms with van der Waals surface area (Å²) in [6, 6.07) is 0.736. The second kappa shape index (κ2) is 5.20. The van der Waals surface area contributed by atoms with Gasteiger partial charge in [-0.15, -0.1) is 0 Å². The van der Waals surface area contributed by atoms with Crippen LogP contribution < -0.4 is 16.6 Å². The zero-order chi connectivity index (χ0) is 10.6. The molecule has 0 bridgehead atoms. The molecule has 0 spiro atoms. The highest BCUT2D eigenvalue weighted by Crippen LogP contribution is 2.30. The Hall–Kier alpha value is -0.770. The largest absolute Gasteiger partial charge is 0.353 e. The molecule has 82 valence electrons. The summed E-state index contributed by atoms with van der Waals surface area (Å²) < 4.78 is 0. The Morgan fingerprint density at radius 1 is 1.36 bits per heavy atom. The fraction of sp³-hybridized carbons (Fsp3) is 0.900. The molecule has 1 atom stereocenters. The second-order valence-corrected chi connectivity index (χ2v) is 4.35. The smallest absolute Gasteiger partial charge is 0.206 e. The van der Waals surface area contributed by atoms with Crippen molar-refractivity contribution in [1.82, 2.24) is 10.7 Å². The van der Waals surface area contributed by atoms with E-state index in [0.29, 0.717) is 18.0 Å². The minimum atomic E-state index is 0.360. The quantitative estimate of drug-likeness (QED) is 0.274. The van der Waals surface area contributed by atoms with Gasteiger partial charge < -0.3 is 5.32 Å². The van der Waals surface area contributed by atoms with Crippen molar-refractivity contribution >= 4 is 5.96 Å². The van der Waals surface area contributed by atoms with E-state index in [1.54, 1.807) is 0 Å². The Morgan fingerprint density at radius 2 is 2.00 bits per heavy atom. The average Bonchev–Trinajstić information content (AvgIpc) is 1.98. The van der Waals surface area contributed by atoms with Gasteiger partial charge in [0, 0.05) is 6.04 Å². The van der Waals surface area contributed by atoms with Crippen LogP contribution in [0.1, 0.15) is 40.0 Å². The molecular formula is C10H22N4. The van der Waals surface area contributed by atoms with Crippen molar-refractivity contribution in [3.63, 3.8) is 0 Å². The van der Waals surface area contributed by atoms with Crippen LogP contribution in [0.25, 0.3) is 0 Å². The molecule has 4 N–H and O–H groups in total. The summed E-state index contributed by atoms with van der Waals surface area (Å²) in [6.07, 6.45) is 3.97. The lowest BCUT2D eigenvalue weighted by atomic mass is 9.81. The van der Waals surface area contributed by atoms with Crippen molar-refractivity contribution in [1.29, 1.82) is 0 Å². The first-order valence-electron chi connectivity index (χ1n) is 5.44.